The number of aromatic amines is 1. The van der Waals surface area contributed by atoms with Gasteiger partial charge in [-0.15, -0.1) is 0 Å². The molecule has 258 valence electrons. The third-order valence-electron chi connectivity index (χ3n) is 7.90. The minimum atomic E-state index is -0.617. The Morgan fingerprint density at radius 2 is 1.28 bits per heavy atom. The van der Waals surface area contributed by atoms with Crippen molar-refractivity contribution in [1.29, 1.82) is 0 Å². The zero-order valence-corrected chi connectivity index (χ0v) is 28.4. The van der Waals surface area contributed by atoms with Crippen LogP contribution in [-0.4, -0.2) is 83.8 Å². The van der Waals surface area contributed by atoms with Gasteiger partial charge in [-0.05, 0) is 96.1 Å². The SMILES string of the molecule is COC(=O)COc1cc(/C(=C2/C=CC(c3ccc(OC)cc3)=N2)c2ccc(-c3ccc(OC)cc3)[nH]2)ccc1N(CC(=O)OC)CC(=O)OC. The molecule has 0 fully saturated rings. The van der Waals surface area contributed by atoms with Gasteiger partial charge in [-0.1, -0.05) is 6.07 Å². The van der Waals surface area contributed by atoms with Crippen LogP contribution in [-0.2, 0) is 28.6 Å². The third kappa shape index (κ3) is 8.21. The molecule has 12 nitrogen and oxygen atoms in total. The zero-order valence-electron chi connectivity index (χ0n) is 28.4. The van der Waals surface area contributed by atoms with E-state index in [0.717, 1.165) is 45.3 Å². The van der Waals surface area contributed by atoms with E-state index in [1.165, 1.54) is 26.2 Å². The lowest BCUT2D eigenvalue weighted by Gasteiger charge is -2.25. The fraction of sp³-hybridized carbons (Fsp3) is 0.211. The Bertz CT molecular complexity index is 1920. The van der Waals surface area contributed by atoms with Gasteiger partial charge in [-0.2, -0.15) is 0 Å². The number of rotatable bonds is 14. The van der Waals surface area contributed by atoms with Crippen molar-refractivity contribution in [3.8, 4) is 28.5 Å². The van der Waals surface area contributed by atoms with E-state index < -0.39 is 24.5 Å². The molecule has 50 heavy (non-hydrogen) atoms. The summed E-state index contributed by atoms with van der Waals surface area (Å²) in [6.45, 7) is -0.992. The van der Waals surface area contributed by atoms with E-state index in [2.05, 4.69) is 4.98 Å². The fourth-order valence-electron chi connectivity index (χ4n) is 5.25. The van der Waals surface area contributed by atoms with Crippen LogP contribution >= 0.6 is 0 Å². The van der Waals surface area contributed by atoms with Crippen molar-refractivity contribution in [3.63, 3.8) is 0 Å². The van der Waals surface area contributed by atoms with Crippen LogP contribution in [0, 0.1) is 0 Å². The van der Waals surface area contributed by atoms with E-state index in [0.29, 0.717) is 16.9 Å². The predicted molar refractivity (Wildman–Crippen MR) is 188 cm³/mol. The van der Waals surface area contributed by atoms with Crippen LogP contribution in [0.4, 0.5) is 5.69 Å². The number of esters is 3. The molecule has 12 heteroatoms. The van der Waals surface area contributed by atoms with Crippen LogP contribution in [0.5, 0.6) is 17.2 Å². The lowest BCUT2D eigenvalue weighted by molar-refractivity contribution is -0.143. The molecule has 0 bridgehead atoms. The minimum absolute atomic E-state index is 0.210. The molecule has 0 aliphatic carbocycles. The highest BCUT2D eigenvalue weighted by molar-refractivity contribution is 6.12. The number of ether oxygens (including phenoxy) is 6. The van der Waals surface area contributed by atoms with Crippen molar-refractivity contribution < 1.29 is 42.8 Å². The summed E-state index contributed by atoms with van der Waals surface area (Å²) in [5.41, 5.74) is 6.64. The first kappa shape index (κ1) is 35.0. The zero-order chi connectivity index (χ0) is 35.6. The second-order valence-electron chi connectivity index (χ2n) is 10.9. The lowest BCUT2D eigenvalue weighted by Crippen LogP contribution is -2.36. The van der Waals surface area contributed by atoms with Crippen molar-refractivity contribution in [2.45, 2.75) is 0 Å². The number of carbonyl (C=O) groups is 3. The summed E-state index contributed by atoms with van der Waals surface area (Å²) >= 11 is 0. The molecule has 2 heterocycles. The summed E-state index contributed by atoms with van der Waals surface area (Å²) in [5.74, 6) is -0.108. The predicted octanol–water partition coefficient (Wildman–Crippen LogP) is 5.22. The largest absolute Gasteiger partial charge is 0.497 e. The molecule has 1 aliphatic rings. The van der Waals surface area contributed by atoms with Crippen molar-refractivity contribution >= 4 is 34.9 Å². The van der Waals surface area contributed by atoms with E-state index >= 15 is 0 Å². The Kier molecular flexibility index (Phi) is 11.3. The smallest absolute Gasteiger partial charge is 0.343 e. The highest BCUT2D eigenvalue weighted by atomic mass is 16.6. The van der Waals surface area contributed by atoms with Gasteiger partial charge in [0, 0.05) is 22.5 Å². The molecule has 0 spiro atoms. The van der Waals surface area contributed by atoms with Gasteiger partial charge in [0.25, 0.3) is 0 Å². The lowest BCUT2D eigenvalue weighted by atomic mass is 9.99. The molecule has 0 unspecified atom stereocenters. The van der Waals surface area contributed by atoms with Crippen molar-refractivity contribution in [3.05, 3.63) is 114 Å². The molecule has 0 amide bonds. The molecule has 5 rings (SSSR count). The number of allylic oxidation sites excluding steroid dienone is 2. The standard InChI is InChI=1S/C38H37N3O9/c1-45-27-11-6-24(7-12-27)29-15-17-31(39-29)38(32-18-16-30(40-32)25-8-13-28(46-2)14-9-25)26-10-19-33(34(20-26)50-23-37(44)49-5)41(21-35(42)47-3)22-36(43)48-4/h6-20,39H,21-23H2,1-5H3/b38-32+. The van der Waals surface area contributed by atoms with Crippen molar-refractivity contribution in [2.75, 3.05) is 60.1 Å². The molecule has 3 aromatic carbocycles. The normalized spacial score (nSPS) is 12.9. The van der Waals surface area contributed by atoms with Gasteiger partial charge in [-0.3, -0.25) is 9.59 Å². The number of aliphatic imine (C=N–C) groups is 1. The van der Waals surface area contributed by atoms with Gasteiger partial charge in [0.15, 0.2) is 6.61 Å². The van der Waals surface area contributed by atoms with Crippen LogP contribution in [0.2, 0.25) is 0 Å². The Labute approximate surface area is 289 Å². The molecule has 1 aromatic heterocycles. The second kappa shape index (κ2) is 16.2. The number of aromatic nitrogens is 1. The first-order valence-electron chi connectivity index (χ1n) is 15.5. The molecular weight excluding hydrogens is 642 g/mol. The Balaban J connectivity index is 1.66. The highest BCUT2D eigenvalue weighted by Crippen LogP contribution is 2.38. The number of hydrogen-bond donors (Lipinski definition) is 1. The van der Waals surface area contributed by atoms with E-state index in [-0.39, 0.29) is 18.8 Å². The summed E-state index contributed by atoms with van der Waals surface area (Å²) in [5, 5.41) is 0. The van der Waals surface area contributed by atoms with Crippen LogP contribution in [0.1, 0.15) is 16.8 Å². The fourth-order valence-corrected chi connectivity index (χ4v) is 5.25. The maximum atomic E-state index is 12.4. The molecule has 4 aromatic rings. The Hall–Kier alpha value is -6.30. The number of methoxy groups -OCH3 is 5. The number of nitrogens with zero attached hydrogens (tertiary/aromatic N) is 2. The number of anilines is 1. The molecule has 0 radical (unpaired) electrons. The minimum Gasteiger partial charge on any atom is -0.497 e. The van der Waals surface area contributed by atoms with Gasteiger partial charge >= 0.3 is 17.9 Å². The van der Waals surface area contributed by atoms with Gasteiger partial charge in [-0.25, -0.2) is 9.79 Å². The molecular formula is C38H37N3O9. The van der Waals surface area contributed by atoms with Crippen LogP contribution in [0.3, 0.4) is 0 Å². The average Bonchev–Trinajstić information content (AvgIpc) is 3.85. The van der Waals surface area contributed by atoms with Gasteiger partial charge in [0.05, 0.1) is 52.6 Å². The number of hydrogen-bond acceptors (Lipinski definition) is 11. The maximum absolute atomic E-state index is 12.4. The van der Waals surface area contributed by atoms with Gasteiger partial charge < -0.3 is 38.3 Å². The summed E-state index contributed by atoms with van der Waals surface area (Å²) in [6.07, 6.45) is 3.86. The summed E-state index contributed by atoms with van der Waals surface area (Å²) < 4.78 is 31.2. The van der Waals surface area contributed by atoms with Crippen LogP contribution in [0.15, 0.2) is 102 Å². The molecule has 1 aliphatic heterocycles. The Morgan fingerprint density at radius 1 is 0.680 bits per heavy atom. The monoisotopic (exact) mass is 679 g/mol. The van der Waals surface area contributed by atoms with E-state index in [4.69, 9.17) is 33.4 Å². The number of nitrogens with one attached hydrogen (secondary N) is 1. The van der Waals surface area contributed by atoms with E-state index in [1.807, 2.05) is 78.9 Å². The number of H-pyrrole nitrogens is 1. The van der Waals surface area contributed by atoms with E-state index in [9.17, 15) is 14.4 Å². The first-order chi connectivity index (χ1) is 24.3. The van der Waals surface area contributed by atoms with Gasteiger partial charge in [0.1, 0.15) is 30.3 Å². The molecule has 1 N–H and O–H groups in total. The molecule has 0 atom stereocenters. The van der Waals surface area contributed by atoms with Gasteiger partial charge in [0.2, 0.25) is 0 Å². The topological polar surface area (TPSA) is 138 Å². The number of carbonyl (C=O) groups excluding carboxylic acids is 3. The maximum Gasteiger partial charge on any atom is 0.343 e. The quantitative estimate of drug-likeness (QED) is 0.139. The molecule has 0 saturated carbocycles. The second-order valence-corrected chi connectivity index (χ2v) is 10.9. The molecule has 0 saturated heterocycles. The van der Waals surface area contributed by atoms with Crippen LogP contribution < -0.4 is 19.1 Å². The summed E-state index contributed by atoms with van der Waals surface area (Å²) in [4.78, 5) is 46.9. The highest BCUT2D eigenvalue weighted by Gasteiger charge is 2.24. The third-order valence-corrected chi connectivity index (χ3v) is 7.90. The average molecular weight is 680 g/mol. The summed E-state index contributed by atoms with van der Waals surface area (Å²) in [6, 6.07) is 24.5. The van der Waals surface area contributed by atoms with Crippen molar-refractivity contribution in [2.24, 2.45) is 4.99 Å². The van der Waals surface area contributed by atoms with E-state index in [1.54, 1.807) is 26.4 Å². The van der Waals surface area contributed by atoms with Crippen LogP contribution in [0.25, 0.3) is 16.8 Å². The number of benzene rings is 3. The Morgan fingerprint density at radius 3 is 1.86 bits per heavy atom. The summed E-state index contributed by atoms with van der Waals surface area (Å²) in [7, 11) is 6.99. The van der Waals surface area contributed by atoms with Crippen molar-refractivity contribution in [1.82, 2.24) is 4.98 Å². The first-order valence-corrected chi connectivity index (χ1v) is 15.5.